The van der Waals surface area contributed by atoms with E-state index in [0.717, 1.165) is 11.8 Å². The number of para-hydroxylation sites is 1. The Morgan fingerprint density at radius 3 is 2.12 bits per heavy atom. The molecule has 1 aliphatic rings. The molecule has 0 saturated carbocycles. The van der Waals surface area contributed by atoms with Crippen LogP contribution in [0.2, 0.25) is 0 Å². The summed E-state index contributed by atoms with van der Waals surface area (Å²) in [5.41, 5.74) is 1.67. The van der Waals surface area contributed by atoms with Crippen LogP contribution in [0.1, 0.15) is 27.7 Å². The van der Waals surface area contributed by atoms with Crippen molar-refractivity contribution in [2.75, 3.05) is 32.4 Å². The lowest BCUT2D eigenvalue weighted by atomic mass is 10.00. The second-order valence-corrected chi connectivity index (χ2v) is 10.1. The Balaban J connectivity index is 1.84. The van der Waals surface area contributed by atoms with Crippen molar-refractivity contribution in [3.8, 4) is 0 Å². The van der Waals surface area contributed by atoms with Crippen LogP contribution in [0, 0.1) is 0 Å². The molecule has 0 bridgehead atoms. The van der Waals surface area contributed by atoms with Crippen molar-refractivity contribution in [2.45, 2.75) is 12.6 Å². The smallest absolute Gasteiger partial charge is 0.352 e. The van der Waals surface area contributed by atoms with E-state index in [-0.39, 0.29) is 44.0 Å². The van der Waals surface area contributed by atoms with Gasteiger partial charge in [-0.25, -0.2) is 13.2 Å². The fraction of sp³-hybridized carbons (Fsp3) is 0.304. The summed E-state index contributed by atoms with van der Waals surface area (Å²) in [5, 5.41) is 20.9. The van der Waals surface area contributed by atoms with E-state index < -0.39 is 28.0 Å². The monoisotopic (exact) mass is 471 g/mol. The largest absolute Gasteiger partial charge is 0.480 e. The van der Waals surface area contributed by atoms with Gasteiger partial charge < -0.3 is 14.8 Å². The lowest BCUT2D eigenvalue weighted by Gasteiger charge is -2.36. The van der Waals surface area contributed by atoms with E-state index in [1.54, 1.807) is 33.7 Å². The van der Waals surface area contributed by atoms with Crippen molar-refractivity contribution in [3.63, 3.8) is 0 Å². The summed E-state index contributed by atoms with van der Waals surface area (Å²) in [4.78, 5) is 26.6. The summed E-state index contributed by atoms with van der Waals surface area (Å²) in [5.74, 6) is -2.38. The lowest BCUT2D eigenvalue weighted by molar-refractivity contribution is -0.144. The molecule has 0 spiro atoms. The molecule has 174 valence electrons. The second-order valence-electron chi connectivity index (χ2n) is 8.10. The van der Waals surface area contributed by atoms with Gasteiger partial charge in [0.25, 0.3) is 0 Å². The fourth-order valence-corrected chi connectivity index (χ4v) is 5.35. The highest BCUT2D eigenvalue weighted by atomic mass is 32.2. The molecule has 1 aromatic heterocycles. The van der Waals surface area contributed by atoms with E-state index in [2.05, 4.69) is 0 Å². The van der Waals surface area contributed by atoms with Crippen molar-refractivity contribution in [2.24, 2.45) is 0 Å². The Bertz CT molecular complexity index is 1290. The summed E-state index contributed by atoms with van der Waals surface area (Å²) in [6.45, 7) is 0.932. The molecule has 2 heterocycles. The molecule has 1 aliphatic heterocycles. The summed E-state index contributed by atoms with van der Waals surface area (Å²) in [6.07, 6.45) is 1.12. The molecule has 0 unspecified atom stereocenters. The highest BCUT2D eigenvalue weighted by molar-refractivity contribution is 7.88. The molecule has 33 heavy (non-hydrogen) atoms. The first kappa shape index (κ1) is 23.0. The van der Waals surface area contributed by atoms with Crippen LogP contribution in [0.3, 0.4) is 0 Å². The van der Waals surface area contributed by atoms with Crippen LogP contribution < -0.4 is 0 Å². The third-order valence-corrected chi connectivity index (χ3v) is 7.31. The van der Waals surface area contributed by atoms with Crippen molar-refractivity contribution in [1.82, 2.24) is 13.8 Å². The Hall–Kier alpha value is -3.21. The number of piperazine rings is 1. The lowest BCUT2D eigenvalue weighted by Crippen LogP contribution is -2.50. The average molecular weight is 472 g/mol. The first-order valence-corrected chi connectivity index (χ1v) is 12.3. The highest BCUT2D eigenvalue weighted by Crippen LogP contribution is 2.36. The maximum absolute atomic E-state index is 12.5. The quantitative estimate of drug-likeness (QED) is 0.541. The predicted octanol–water partition coefficient (Wildman–Crippen LogP) is 2.09. The molecule has 9 nitrogen and oxygen atoms in total. The van der Waals surface area contributed by atoms with E-state index in [1.165, 1.54) is 4.31 Å². The molecule has 1 atom stereocenters. The summed E-state index contributed by atoms with van der Waals surface area (Å²) < 4.78 is 26.7. The number of hydrogen-bond donors (Lipinski definition) is 2. The van der Waals surface area contributed by atoms with Gasteiger partial charge >= 0.3 is 11.9 Å². The zero-order valence-electron chi connectivity index (χ0n) is 18.1. The Morgan fingerprint density at radius 2 is 1.55 bits per heavy atom. The number of aliphatic carboxylic acids is 1. The molecule has 2 N–H and O–H groups in total. The molecule has 0 radical (unpaired) electrons. The van der Waals surface area contributed by atoms with E-state index in [4.69, 9.17) is 0 Å². The van der Waals surface area contributed by atoms with Gasteiger partial charge in [0.1, 0.15) is 11.7 Å². The van der Waals surface area contributed by atoms with Crippen LogP contribution in [0.25, 0.3) is 10.9 Å². The van der Waals surface area contributed by atoms with Gasteiger partial charge in [-0.3, -0.25) is 9.69 Å². The number of aromatic carboxylic acids is 1. The van der Waals surface area contributed by atoms with Crippen LogP contribution >= 0.6 is 0 Å². The summed E-state index contributed by atoms with van der Waals surface area (Å²) >= 11 is 0. The number of carbonyl (C=O) groups is 2. The van der Waals surface area contributed by atoms with Crippen molar-refractivity contribution in [3.05, 3.63) is 71.4 Å². The average Bonchev–Trinajstić information content (AvgIpc) is 3.08. The first-order valence-electron chi connectivity index (χ1n) is 10.5. The minimum absolute atomic E-state index is 0.0713. The Morgan fingerprint density at radius 1 is 0.939 bits per heavy atom. The van der Waals surface area contributed by atoms with E-state index in [1.807, 2.05) is 30.3 Å². The zero-order chi connectivity index (χ0) is 23.8. The number of hydrogen-bond acceptors (Lipinski definition) is 5. The second kappa shape index (κ2) is 8.97. The van der Waals surface area contributed by atoms with Crippen LogP contribution in [-0.2, 0) is 21.4 Å². The Labute approximate surface area is 191 Å². The van der Waals surface area contributed by atoms with Crippen molar-refractivity contribution < 1.29 is 28.2 Å². The fourth-order valence-electron chi connectivity index (χ4n) is 4.52. The Kier molecular flexibility index (Phi) is 6.24. The van der Waals surface area contributed by atoms with Gasteiger partial charge in [-0.2, -0.15) is 4.31 Å². The molecule has 10 heteroatoms. The maximum Gasteiger partial charge on any atom is 0.352 e. The molecule has 4 rings (SSSR count). The van der Waals surface area contributed by atoms with Gasteiger partial charge in [-0.1, -0.05) is 48.5 Å². The minimum atomic E-state index is -3.39. The molecule has 1 saturated heterocycles. The maximum atomic E-state index is 12.5. The number of fused-ring (bicyclic) bond motifs is 1. The SMILES string of the molecule is CS(=O)(=O)N1CCN([C@@H](C(=O)O)c2c(C(=O)O)n(Cc3ccccc3)c3ccccc23)CC1. The molecule has 0 aliphatic carbocycles. The number of sulfonamides is 1. The topological polar surface area (TPSA) is 120 Å². The minimum Gasteiger partial charge on any atom is -0.480 e. The number of nitrogens with zero attached hydrogens (tertiary/aromatic N) is 3. The van der Waals surface area contributed by atoms with Crippen molar-refractivity contribution >= 4 is 32.9 Å². The standard InChI is InChI=1S/C23H25N3O6S/c1-33(31,32)25-13-11-24(12-14-25)20(22(27)28)19-17-9-5-6-10-18(17)26(21(19)23(29)30)15-16-7-3-2-4-8-16/h2-10,20H,11-15H2,1H3,(H,27,28)(H,29,30)/t20-/m1/s1. The number of benzene rings is 2. The van der Waals surface area contributed by atoms with E-state index in [9.17, 15) is 28.2 Å². The normalized spacial score (nSPS) is 16.6. The molecule has 1 fully saturated rings. The van der Waals surface area contributed by atoms with Crippen molar-refractivity contribution in [1.29, 1.82) is 0 Å². The number of aromatic nitrogens is 1. The van der Waals surface area contributed by atoms with Gasteiger partial charge in [0.15, 0.2) is 0 Å². The van der Waals surface area contributed by atoms with E-state index >= 15 is 0 Å². The summed E-state index contributed by atoms with van der Waals surface area (Å²) in [6, 6.07) is 15.2. The van der Waals surface area contributed by atoms with Crippen LogP contribution in [-0.4, -0.2) is 76.8 Å². The third-order valence-electron chi connectivity index (χ3n) is 6.01. The van der Waals surface area contributed by atoms with Crippen LogP contribution in [0.4, 0.5) is 0 Å². The molecular weight excluding hydrogens is 446 g/mol. The van der Waals surface area contributed by atoms with Crippen LogP contribution in [0.15, 0.2) is 54.6 Å². The molecular formula is C23H25N3O6S. The number of carboxylic acid groups (broad SMARTS) is 2. The molecule has 2 aromatic carbocycles. The zero-order valence-corrected chi connectivity index (χ0v) is 18.9. The third kappa shape index (κ3) is 4.50. The van der Waals surface area contributed by atoms with Crippen LogP contribution in [0.5, 0.6) is 0 Å². The predicted molar refractivity (Wildman–Crippen MR) is 123 cm³/mol. The first-order chi connectivity index (χ1) is 15.7. The molecule has 3 aromatic rings. The van der Waals surface area contributed by atoms with Gasteiger partial charge in [-0.05, 0) is 11.6 Å². The molecule has 0 amide bonds. The highest BCUT2D eigenvalue weighted by Gasteiger charge is 2.38. The van der Waals surface area contributed by atoms with Gasteiger partial charge in [0.2, 0.25) is 10.0 Å². The number of rotatable bonds is 7. The number of carboxylic acids is 2. The summed E-state index contributed by atoms with van der Waals surface area (Å²) in [7, 11) is -3.39. The van der Waals surface area contributed by atoms with Gasteiger partial charge in [-0.15, -0.1) is 0 Å². The van der Waals surface area contributed by atoms with Gasteiger partial charge in [0, 0.05) is 49.2 Å². The van der Waals surface area contributed by atoms with Gasteiger partial charge in [0.05, 0.1) is 6.26 Å². The van der Waals surface area contributed by atoms with E-state index in [0.29, 0.717) is 10.9 Å².